The third-order valence-electron chi connectivity index (χ3n) is 3.92. The number of nitrogens with one attached hydrogen (secondary N) is 1. The largest absolute Gasteiger partial charge is 0.310 e. The van der Waals surface area contributed by atoms with E-state index in [1.54, 1.807) is 0 Å². The summed E-state index contributed by atoms with van der Waals surface area (Å²) in [5.41, 5.74) is 3.72. The van der Waals surface area contributed by atoms with Gasteiger partial charge in [0.2, 0.25) is 0 Å². The normalized spacial score (nSPS) is 12.7. The van der Waals surface area contributed by atoms with E-state index in [1.807, 2.05) is 19.6 Å². The van der Waals surface area contributed by atoms with Crippen molar-refractivity contribution < 1.29 is 0 Å². The van der Waals surface area contributed by atoms with Crippen molar-refractivity contribution in [3.8, 4) is 5.69 Å². The lowest BCUT2D eigenvalue weighted by Crippen LogP contribution is -2.35. The summed E-state index contributed by atoms with van der Waals surface area (Å²) >= 11 is 0. The summed E-state index contributed by atoms with van der Waals surface area (Å²) in [7, 11) is 1.97. The second kappa shape index (κ2) is 5.06. The zero-order chi connectivity index (χ0) is 15.0. The SMILES string of the molecule is CNC(C)(C)c1cncn1-c1ccc(C(C)(C)C)cc1. The Bertz CT molecular complexity index is 571. The summed E-state index contributed by atoms with van der Waals surface area (Å²) < 4.78 is 2.14. The van der Waals surface area contributed by atoms with Crippen molar-refractivity contribution in [1.29, 1.82) is 0 Å². The van der Waals surface area contributed by atoms with Crippen molar-refractivity contribution in [2.75, 3.05) is 7.05 Å². The summed E-state index contributed by atoms with van der Waals surface area (Å²) in [6.07, 6.45) is 3.80. The number of hydrogen-bond acceptors (Lipinski definition) is 2. The second-order valence-electron chi connectivity index (χ2n) is 6.82. The number of benzene rings is 1. The average Bonchev–Trinajstić information content (AvgIpc) is 2.88. The lowest BCUT2D eigenvalue weighted by molar-refractivity contribution is 0.424. The van der Waals surface area contributed by atoms with Crippen LogP contribution in [0.2, 0.25) is 0 Å². The third kappa shape index (κ3) is 2.78. The number of rotatable bonds is 3. The number of aromatic nitrogens is 2. The van der Waals surface area contributed by atoms with Crippen LogP contribution in [0.15, 0.2) is 36.8 Å². The van der Waals surface area contributed by atoms with Gasteiger partial charge in [0.1, 0.15) is 0 Å². The van der Waals surface area contributed by atoms with Crippen molar-refractivity contribution in [1.82, 2.24) is 14.9 Å². The highest BCUT2D eigenvalue weighted by Gasteiger charge is 2.23. The van der Waals surface area contributed by atoms with Gasteiger partial charge in [0.05, 0.1) is 23.8 Å². The molecular formula is C17H25N3. The van der Waals surface area contributed by atoms with Crippen LogP contribution in [-0.4, -0.2) is 16.6 Å². The van der Waals surface area contributed by atoms with E-state index in [1.165, 1.54) is 5.56 Å². The number of nitrogens with zero attached hydrogens (tertiary/aromatic N) is 2. The molecule has 0 aliphatic rings. The molecule has 0 radical (unpaired) electrons. The lowest BCUT2D eigenvalue weighted by Gasteiger charge is -2.26. The number of imidazole rings is 1. The predicted molar refractivity (Wildman–Crippen MR) is 84.3 cm³/mol. The van der Waals surface area contributed by atoms with E-state index < -0.39 is 0 Å². The van der Waals surface area contributed by atoms with Crippen LogP contribution in [0.25, 0.3) is 5.69 Å². The van der Waals surface area contributed by atoms with E-state index in [0.29, 0.717) is 0 Å². The molecule has 2 aromatic rings. The maximum absolute atomic E-state index is 4.31. The van der Waals surface area contributed by atoms with Gasteiger partial charge in [0.15, 0.2) is 0 Å². The first-order chi connectivity index (χ1) is 9.25. The highest BCUT2D eigenvalue weighted by Crippen LogP contribution is 2.26. The van der Waals surface area contributed by atoms with Crippen molar-refractivity contribution in [3.05, 3.63) is 48.0 Å². The van der Waals surface area contributed by atoms with Gasteiger partial charge in [0, 0.05) is 5.69 Å². The summed E-state index contributed by atoms with van der Waals surface area (Å²) in [4.78, 5) is 4.31. The van der Waals surface area contributed by atoms with Gasteiger partial charge in [-0.25, -0.2) is 4.98 Å². The zero-order valence-corrected chi connectivity index (χ0v) is 13.4. The Morgan fingerprint density at radius 3 is 2.10 bits per heavy atom. The fourth-order valence-electron chi connectivity index (χ4n) is 2.21. The Morgan fingerprint density at radius 1 is 1.00 bits per heavy atom. The molecule has 3 nitrogen and oxygen atoms in total. The summed E-state index contributed by atoms with van der Waals surface area (Å²) in [5, 5.41) is 3.33. The van der Waals surface area contributed by atoms with Gasteiger partial charge in [-0.05, 0) is 44.0 Å². The Kier molecular flexibility index (Phi) is 3.74. The standard InChI is InChI=1S/C17H25N3/c1-16(2,3)13-7-9-14(10-8-13)20-12-19-11-15(20)17(4,5)18-6/h7-12,18H,1-6H3. The fourth-order valence-corrected chi connectivity index (χ4v) is 2.21. The zero-order valence-electron chi connectivity index (χ0n) is 13.4. The molecule has 1 heterocycles. The molecule has 0 saturated carbocycles. The van der Waals surface area contributed by atoms with Gasteiger partial charge < -0.3 is 9.88 Å². The summed E-state index contributed by atoms with van der Waals surface area (Å²) in [5.74, 6) is 0. The van der Waals surface area contributed by atoms with Gasteiger partial charge in [-0.15, -0.1) is 0 Å². The van der Waals surface area contributed by atoms with Crippen LogP contribution < -0.4 is 5.32 Å². The van der Waals surface area contributed by atoms with Crippen LogP contribution >= 0.6 is 0 Å². The molecule has 0 amide bonds. The molecule has 1 aromatic heterocycles. The fraction of sp³-hybridized carbons (Fsp3) is 0.471. The third-order valence-corrected chi connectivity index (χ3v) is 3.92. The van der Waals surface area contributed by atoms with Gasteiger partial charge in [-0.3, -0.25) is 0 Å². The molecule has 20 heavy (non-hydrogen) atoms. The first-order valence-corrected chi connectivity index (χ1v) is 7.08. The van der Waals surface area contributed by atoms with Gasteiger partial charge in [-0.1, -0.05) is 32.9 Å². The molecule has 0 fully saturated rings. The molecule has 0 aliphatic carbocycles. The van der Waals surface area contributed by atoms with Crippen LogP contribution in [0.1, 0.15) is 45.9 Å². The van der Waals surface area contributed by atoms with Crippen molar-refractivity contribution >= 4 is 0 Å². The highest BCUT2D eigenvalue weighted by atomic mass is 15.1. The van der Waals surface area contributed by atoms with Gasteiger partial charge >= 0.3 is 0 Å². The van der Waals surface area contributed by atoms with Crippen molar-refractivity contribution in [2.24, 2.45) is 0 Å². The Balaban J connectivity index is 2.41. The van der Waals surface area contributed by atoms with E-state index in [4.69, 9.17) is 0 Å². The molecule has 2 rings (SSSR count). The van der Waals surface area contributed by atoms with Crippen molar-refractivity contribution in [3.63, 3.8) is 0 Å². The molecule has 0 unspecified atom stereocenters. The van der Waals surface area contributed by atoms with Gasteiger partial charge in [0.25, 0.3) is 0 Å². The quantitative estimate of drug-likeness (QED) is 0.924. The Labute approximate surface area is 122 Å². The molecule has 1 aromatic carbocycles. The van der Waals surface area contributed by atoms with Crippen LogP contribution in [-0.2, 0) is 11.0 Å². The average molecular weight is 271 g/mol. The van der Waals surface area contributed by atoms with Crippen LogP contribution in [0.4, 0.5) is 0 Å². The van der Waals surface area contributed by atoms with Crippen LogP contribution in [0.5, 0.6) is 0 Å². The molecule has 108 valence electrons. The first kappa shape index (κ1) is 14.8. The van der Waals surface area contributed by atoms with Crippen LogP contribution in [0, 0.1) is 0 Å². The Hall–Kier alpha value is -1.61. The number of hydrogen-bond donors (Lipinski definition) is 1. The van der Waals surface area contributed by atoms with E-state index in [0.717, 1.165) is 11.4 Å². The molecule has 1 N–H and O–H groups in total. The first-order valence-electron chi connectivity index (χ1n) is 7.08. The van der Waals surface area contributed by atoms with Crippen LogP contribution in [0.3, 0.4) is 0 Å². The lowest BCUT2D eigenvalue weighted by atomic mass is 9.87. The van der Waals surface area contributed by atoms with E-state index in [-0.39, 0.29) is 11.0 Å². The van der Waals surface area contributed by atoms with E-state index in [2.05, 4.69) is 73.8 Å². The smallest absolute Gasteiger partial charge is 0.0994 e. The molecule has 0 spiro atoms. The monoisotopic (exact) mass is 271 g/mol. The Morgan fingerprint density at radius 2 is 1.60 bits per heavy atom. The minimum atomic E-state index is -0.112. The topological polar surface area (TPSA) is 29.9 Å². The molecule has 0 bridgehead atoms. The maximum atomic E-state index is 4.31. The molecule has 0 aliphatic heterocycles. The highest BCUT2D eigenvalue weighted by molar-refractivity contribution is 5.39. The minimum absolute atomic E-state index is 0.112. The predicted octanol–water partition coefficient (Wildman–Crippen LogP) is 3.62. The van der Waals surface area contributed by atoms with Crippen molar-refractivity contribution in [2.45, 2.75) is 45.6 Å². The minimum Gasteiger partial charge on any atom is -0.310 e. The summed E-state index contributed by atoms with van der Waals surface area (Å²) in [6.45, 7) is 11.0. The summed E-state index contributed by atoms with van der Waals surface area (Å²) in [6, 6.07) is 8.73. The molecular weight excluding hydrogens is 246 g/mol. The van der Waals surface area contributed by atoms with Gasteiger partial charge in [-0.2, -0.15) is 0 Å². The molecule has 0 saturated heterocycles. The molecule has 3 heteroatoms. The molecule has 0 atom stereocenters. The van der Waals surface area contributed by atoms with E-state index >= 15 is 0 Å². The second-order valence-corrected chi connectivity index (χ2v) is 6.82. The van der Waals surface area contributed by atoms with E-state index in [9.17, 15) is 0 Å². The maximum Gasteiger partial charge on any atom is 0.0994 e.